The highest BCUT2D eigenvalue weighted by molar-refractivity contribution is 6.09. The quantitative estimate of drug-likeness (QED) is 0.167. The van der Waals surface area contributed by atoms with Crippen LogP contribution in [0, 0.1) is 0 Å². The minimum absolute atomic E-state index is 0.110. The van der Waals surface area contributed by atoms with Crippen LogP contribution in [0.1, 0.15) is 68.4 Å². The maximum atomic E-state index is 6.48. The molecular formula is C60H47NO. The molecule has 3 aliphatic rings. The van der Waals surface area contributed by atoms with Gasteiger partial charge < -0.3 is 9.32 Å². The van der Waals surface area contributed by atoms with Crippen LogP contribution in [0.2, 0.25) is 0 Å². The lowest BCUT2D eigenvalue weighted by Crippen LogP contribution is -2.17. The fourth-order valence-corrected chi connectivity index (χ4v) is 10.9. The van der Waals surface area contributed by atoms with Crippen molar-refractivity contribution in [3.8, 4) is 44.5 Å². The molecule has 1 aromatic heterocycles. The molecule has 1 heterocycles. The summed E-state index contributed by atoms with van der Waals surface area (Å²) in [6.45, 7) is 9.66. The predicted molar refractivity (Wildman–Crippen MR) is 261 cm³/mol. The first-order chi connectivity index (χ1) is 30.3. The van der Waals surface area contributed by atoms with Crippen molar-refractivity contribution in [2.24, 2.45) is 0 Å². The lowest BCUT2D eigenvalue weighted by atomic mass is 9.79. The Morgan fingerprint density at radius 1 is 0.452 bits per heavy atom. The molecule has 0 radical (unpaired) electrons. The van der Waals surface area contributed by atoms with Gasteiger partial charge >= 0.3 is 0 Å². The molecule has 0 N–H and O–H groups in total. The maximum absolute atomic E-state index is 6.48. The largest absolute Gasteiger partial charge is 0.455 e. The van der Waals surface area contributed by atoms with E-state index in [4.69, 9.17) is 4.42 Å². The van der Waals surface area contributed by atoms with Crippen LogP contribution in [0.5, 0.6) is 0 Å². The van der Waals surface area contributed by atoms with Gasteiger partial charge in [-0.2, -0.15) is 0 Å². The highest BCUT2D eigenvalue weighted by Crippen LogP contribution is 2.58. The van der Waals surface area contributed by atoms with Gasteiger partial charge in [0.05, 0.1) is 5.69 Å². The van der Waals surface area contributed by atoms with Gasteiger partial charge in [-0.3, -0.25) is 0 Å². The Morgan fingerprint density at radius 3 is 1.94 bits per heavy atom. The van der Waals surface area contributed by atoms with E-state index in [9.17, 15) is 0 Å². The van der Waals surface area contributed by atoms with Gasteiger partial charge in [-0.05, 0) is 128 Å². The molecule has 2 nitrogen and oxygen atoms in total. The average Bonchev–Trinajstić information content (AvgIpc) is 3.89. The van der Waals surface area contributed by atoms with Crippen LogP contribution >= 0.6 is 0 Å². The molecule has 0 unspecified atom stereocenters. The smallest absolute Gasteiger partial charge is 0.143 e. The van der Waals surface area contributed by atoms with Crippen LogP contribution < -0.4 is 4.90 Å². The first-order valence-electron chi connectivity index (χ1n) is 22.1. The second kappa shape index (κ2) is 13.7. The Kier molecular flexibility index (Phi) is 8.09. The number of hydrogen-bond acceptors (Lipinski definition) is 2. The molecule has 298 valence electrons. The van der Waals surface area contributed by atoms with E-state index < -0.39 is 0 Å². The van der Waals surface area contributed by atoms with Crippen LogP contribution in [0.25, 0.3) is 72.0 Å². The Labute approximate surface area is 364 Å². The van der Waals surface area contributed by atoms with Gasteiger partial charge in [0.1, 0.15) is 11.2 Å². The van der Waals surface area contributed by atoms with Gasteiger partial charge in [-0.25, -0.2) is 0 Å². The van der Waals surface area contributed by atoms with Crippen molar-refractivity contribution < 1.29 is 4.42 Å². The number of allylic oxidation sites excluding steroid dienone is 4. The zero-order valence-electron chi connectivity index (χ0n) is 35.7. The van der Waals surface area contributed by atoms with Crippen molar-refractivity contribution in [3.05, 3.63) is 216 Å². The summed E-state index contributed by atoms with van der Waals surface area (Å²) in [7, 11) is 0. The monoisotopic (exact) mass is 797 g/mol. The number of anilines is 3. The SMILES string of the molecule is CC1(C)c2cc(N(c3ccc(-c4cccc5c4oc4ccccc45)cc3)c3ccccc3-c3ccccc3)ccc2-c2cc3c(cc21)-c1c(C2=CCCC=C2)cccc1C3(C)C. The number of nitrogens with zero attached hydrogens (tertiary/aromatic N) is 1. The summed E-state index contributed by atoms with van der Waals surface area (Å²) in [5.41, 5.74) is 23.2. The fraction of sp³-hybridized carbons (Fsp3) is 0.133. The molecule has 0 amide bonds. The van der Waals surface area contributed by atoms with Crippen LogP contribution in [0.15, 0.2) is 193 Å². The number of hydrogen-bond donors (Lipinski definition) is 0. The number of furan rings is 1. The molecule has 62 heavy (non-hydrogen) atoms. The van der Waals surface area contributed by atoms with Crippen LogP contribution in [-0.4, -0.2) is 0 Å². The molecular weight excluding hydrogens is 751 g/mol. The van der Waals surface area contributed by atoms with Crippen molar-refractivity contribution in [2.45, 2.75) is 51.4 Å². The average molecular weight is 798 g/mol. The highest BCUT2D eigenvalue weighted by atomic mass is 16.3. The third-order valence-corrected chi connectivity index (χ3v) is 14.1. The second-order valence-electron chi connectivity index (χ2n) is 18.3. The summed E-state index contributed by atoms with van der Waals surface area (Å²) >= 11 is 0. The van der Waals surface area contributed by atoms with Crippen LogP contribution in [0.3, 0.4) is 0 Å². The molecule has 8 aromatic carbocycles. The Hall–Kier alpha value is -7.16. The van der Waals surface area contributed by atoms with E-state index in [1.807, 2.05) is 6.07 Å². The van der Waals surface area contributed by atoms with E-state index >= 15 is 0 Å². The standard InChI is InChI=1S/C60H47NO/c1-59(2)51-26-16-23-44(39-19-9-6-10-20-39)57(51)50-37-53-49(36-54(50)59)46-34-33-42(35-52(46)60(53,3)4)61(55-27-13-11-21-43(55)38-17-7-5-8-18-38)41-31-29-40(30-32-41)45-24-15-25-48-47-22-12-14-28-56(47)62-58(45)48/h5,7-9,11-37H,6,10H2,1-4H3. The second-order valence-corrected chi connectivity index (χ2v) is 18.3. The van der Waals surface area contributed by atoms with Gasteiger partial charge in [0.2, 0.25) is 0 Å². The van der Waals surface area contributed by atoms with Gasteiger partial charge in [0.25, 0.3) is 0 Å². The summed E-state index contributed by atoms with van der Waals surface area (Å²) in [5.74, 6) is 0. The van der Waals surface area contributed by atoms with E-state index in [0.717, 1.165) is 63.0 Å². The van der Waals surface area contributed by atoms with Crippen molar-refractivity contribution in [3.63, 3.8) is 0 Å². The molecule has 0 aliphatic heterocycles. The summed E-state index contributed by atoms with van der Waals surface area (Å²) < 4.78 is 6.48. The molecule has 9 aromatic rings. The van der Waals surface area contributed by atoms with Gasteiger partial charge in [0.15, 0.2) is 0 Å². The molecule has 0 fully saturated rings. The number of fused-ring (bicyclic) bond motifs is 9. The minimum atomic E-state index is -0.221. The van der Waals surface area contributed by atoms with Crippen molar-refractivity contribution in [1.29, 1.82) is 0 Å². The highest BCUT2D eigenvalue weighted by Gasteiger charge is 2.43. The normalized spacial score (nSPS) is 15.3. The zero-order chi connectivity index (χ0) is 41.7. The van der Waals surface area contributed by atoms with Gasteiger partial charge in [-0.15, -0.1) is 0 Å². The molecule has 0 atom stereocenters. The van der Waals surface area contributed by atoms with E-state index in [0.29, 0.717) is 0 Å². The lowest BCUT2D eigenvalue weighted by Gasteiger charge is -2.30. The summed E-state index contributed by atoms with van der Waals surface area (Å²) in [5, 5.41) is 2.28. The molecule has 0 bridgehead atoms. The zero-order valence-corrected chi connectivity index (χ0v) is 35.7. The van der Waals surface area contributed by atoms with Crippen molar-refractivity contribution in [1.82, 2.24) is 0 Å². The molecule has 0 saturated carbocycles. The molecule has 2 heteroatoms. The van der Waals surface area contributed by atoms with Gasteiger partial charge in [0, 0.05) is 44.1 Å². The van der Waals surface area contributed by atoms with Gasteiger partial charge in [-0.1, -0.05) is 167 Å². The lowest BCUT2D eigenvalue weighted by molar-refractivity contribution is 0.652. The van der Waals surface area contributed by atoms with E-state index in [2.05, 4.69) is 215 Å². The van der Waals surface area contributed by atoms with Crippen molar-refractivity contribution in [2.75, 3.05) is 4.90 Å². The topological polar surface area (TPSA) is 16.4 Å². The molecule has 0 spiro atoms. The molecule has 0 saturated heterocycles. The summed E-state index contributed by atoms with van der Waals surface area (Å²) in [4.78, 5) is 2.45. The Morgan fingerprint density at radius 2 is 1.10 bits per heavy atom. The summed E-state index contributed by atoms with van der Waals surface area (Å²) in [6.07, 6.45) is 9.29. The van der Waals surface area contributed by atoms with Crippen molar-refractivity contribution >= 4 is 44.6 Å². The number of rotatable bonds is 6. The fourth-order valence-electron chi connectivity index (χ4n) is 10.9. The van der Waals surface area contributed by atoms with E-state index in [1.54, 1.807) is 0 Å². The minimum Gasteiger partial charge on any atom is -0.455 e. The number of benzene rings is 8. The van der Waals surface area contributed by atoms with E-state index in [-0.39, 0.29) is 10.8 Å². The first-order valence-corrected chi connectivity index (χ1v) is 22.1. The van der Waals surface area contributed by atoms with Crippen LogP contribution in [-0.2, 0) is 10.8 Å². The third kappa shape index (κ3) is 5.42. The summed E-state index contributed by atoms with van der Waals surface area (Å²) in [6, 6.07) is 62.6. The first kappa shape index (κ1) is 36.7. The molecule has 12 rings (SSSR count). The Balaban J connectivity index is 1.00. The third-order valence-electron chi connectivity index (χ3n) is 14.1. The predicted octanol–water partition coefficient (Wildman–Crippen LogP) is 16.7. The van der Waals surface area contributed by atoms with E-state index in [1.165, 1.54) is 66.8 Å². The maximum Gasteiger partial charge on any atom is 0.143 e. The Bertz CT molecular complexity index is 3340. The molecule has 3 aliphatic carbocycles. The van der Waals surface area contributed by atoms with Crippen LogP contribution in [0.4, 0.5) is 17.1 Å². The number of para-hydroxylation sites is 3.